The summed E-state index contributed by atoms with van der Waals surface area (Å²) >= 11 is 5.88. The van der Waals surface area contributed by atoms with Crippen LogP contribution in [0.15, 0.2) is 54.6 Å². The molecule has 0 bridgehead atoms. The summed E-state index contributed by atoms with van der Waals surface area (Å²) in [5, 5.41) is 14.0. The van der Waals surface area contributed by atoms with Gasteiger partial charge in [-0.05, 0) is 23.8 Å². The first-order chi connectivity index (χ1) is 10.5. The van der Waals surface area contributed by atoms with E-state index in [0.29, 0.717) is 16.1 Å². The van der Waals surface area contributed by atoms with Crippen LogP contribution in [0.5, 0.6) is 0 Å². The number of rotatable bonds is 6. The van der Waals surface area contributed by atoms with Gasteiger partial charge in [-0.25, -0.2) is 0 Å². The Labute approximate surface area is 134 Å². The molecule has 0 aliphatic heterocycles. The first-order valence-electron chi connectivity index (χ1n) is 6.86. The highest BCUT2D eigenvalue weighted by atomic mass is 35.5. The van der Waals surface area contributed by atoms with Crippen LogP contribution in [0, 0.1) is 0 Å². The minimum Gasteiger partial charge on any atom is -0.381 e. The van der Waals surface area contributed by atoms with E-state index >= 15 is 0 Å². The molecule has 22 heavy (non-hydrogen) atoms. The van der Waals surface area contributed by atoms with Gasteiger partial charge in [-0.2, -0.15) is 0 Å². The third-order valence-electron chi connectivity index (χ3n) is 3.32. The molecule has 0 saturated carbocycles. The van der Waals surface area contributed by atoms with E-state index in [1.54, 1.807) is 36.4 Å². The lowest BCUT2D eigenvalue weighted by atomic mass is 9.94. The van der Waals surface area contributed by atoms with Crippen LogP contribution in [-0.4, -0.2) is 31.3 Å². The predicted octanol–water partition coefficient (Wildman–Crippen LogP) is 2.60. The highest BCUT2D eigenvalue weighted by molar-refractivity contribution is 6.30. The lowest BCUT2D eigenvalue weighted by Gasteiger charge is -2.28. The van der Waals surface area contributed by atoms with Gasteiger partial charge in [0.15, 0.2) is 0 Å². The molecule has 0 aromatic heterocycles. The first-order valence-corrected chi connectivity index (χ1v) is 7.23. The van der Waals surface area contributed by atoms with Crippen LogP contribution in [0.3, 0.4) is 0 Å². The number of methoxy groups -OCH3 is 1. The largest absolute Gasteiger partial charge is 0.381 e. The van der Waals surface area contributed by atoms with Gasteiger partial charge < -0.3 is 15.2 Å². The molecule has 2 aromatic carbocycles. The molecule has 0 radical (unpaired) electrons. The summed E-state index contributed by atoms with van der Waals surface area (Å²) < 4.78 is 5.10. The second-order valence-corrected chi connectivity index (χ2v) is 5.46. The van der Waals surface area contributed by atoms with Gasteiger partial charge >= 0.3 is 0 Å². The molecule has 4 nitrogen and oxygen atoms in total. The molecule has 0 aliphatic rings. The minimum absolute atomic E-state index is 0.0379. The number of carbonyl (C=O) groups excluding carboxylic acids is 1. The second-order valence-electron chi connectivity index (χ2n) is 5.02. The minimum atomic E-state index is -1.29. The molecule has 1 amide bonds. The van der Waals surface area contributed by atoms with Crippen LogP contribution in [0.4, 0.5) is 0 Å². The number of nitrogens with one attached hydrogen (secondary N) is 1. The molecule has 1 atom stereocenters. The molecule has 2 N–H and O–H groups in total. The number of aliphatic hydroxyl groups is 1. The average molecular weight is 320 g/mol. The van der Waals surface area contributed by atoms with Crippen LogP contribution in [0.2, 0.25) is 5.02 Å². The normalized spacial score (nSPS) is 13.4. The van der Waals surface area contributed by atoms with Gasteiger partial charge in [0.1, 0.15) is 5.60 Å². The third kappa shape index (κ3) is 4.07. The van der Waals surface area contributed by atoms with Crippen molar-refractivity contribution in [1.29, 1.82) is 0 Å². The number of hydrogen-bond acceptors (Lipinski definition) is 3. The van der Waals surface area contributed by atoms with Crippen molar-refractivity contribution >= 4 is 17.5 Å². The van der Waals surface area contributed by atoms with Gasteiger partial charge in [0.2, 0.25) is 0 Å². The maximum Gasteiger partial charge on any atom is 0.251 e. The van der Waals surface area contributed by atoms with E-state index in [1.165, 1.54) is 7.11 Å². The fourth-order valence-electron chi connectivity index (χ4n) is 2.18. The van der Waals surface area contributed by atoms with E-state index in [2.05, 4.69) is 5.32 Å². The van der Waals surface area contributed by atoms with E-state index < -0.39 is 5.60 Å². The molecule has 0 fully saturated rings. The van der Waals surface area contributed by atoms with Gasteiger partial charge in [0.25, 0.3) is 5.91 Å². The van der Waals surface area contributed by atoms with Crippen LogP contribution < -0.4 is 5.32 Å². The number of benzene rings is 2. The Morgan fingerprint density at radius 1 is 1.23 bits per heavy atom. The zero-order valence-corrected chi connectivity index (χ0v) is 13.0. The number of halogens is 1. The Morgan fingerprint density at radius 3 is 2.59 bits per heavy atom. The molecule has 2 aromatic rings. The summed E-state index contributed by atoms with van der Waals surface area (Å²) in [6.07, 6.45) is 0. The smallest absolute Gasteiger partial charge is 0.251 e. The van der Waals surface area contributed by atoms with Crippen molar-refractivity contribution in [3.05, 3.63) is 70.7 Å². The molecule has 0 heterocycles. The van der Waals surface area contributed by atoms with Crippen molar-refractivity contribution in [3.8, 4) is 0 Å². The monoisotopic (exact) mass is 319 g/mol. The maximum absolute atomic E-state index is 12.2. The fourth-order valence-corrected chi connectivity index (χ4v) is 2.37. The Morgan fingerprint density at radius 2 is 1.95 bits per heavy atom. The summed E-state index contributed by atoms with van der Waals surface area (Å²) in [6, 6.07) is 15.8. The summed E-state index contributed by atoms with van der Waals surface area (Å²) in [7, 11) is 1.51. The summed E-state index contributed by atoms with van der Waals surface area (Å²) in [5.41, 5.74) is -0.159. The number of hydrogen-bond donors (Lipinski definition) is 2. The Bertz CT molecular complexity index is 633. The lowest BCUT2D eigenvalue weighted by Crippen LogP contribution is -2.44. The van der Waals surface area contributed by atoms with E-state index in [-0.39, 0.29) is 19.1 Å². The topological polar surface area (TPSA) is 58.6 Å². The number of carbonyl (C=O) groups is 1. The highest BCUT2D eigenvalue weighted by Crippen LogP contribution is 2.21. The van der Waals surface area contributed by atoms with Gasteiger partial charge in [-0.3, -0.25) is 4.79 Å². The molecule has 2 rings (SSSR count). The number of amides is 1. The summed E-state index contributed by atoms with van der Waals surface area (Å²) in [4.78, 5) is 12.2. The van der Waals surface area contributed by atoms with Crippen molar-refractivity contribution in [3.63, 3.8) is 0 Å². The van der Waals surface area contributed by atoms with Crippen molar-refractivity contribution < 1.29 is 14.6 Å². The number of ether oxygens (including phenoxy) is 1. The SMILES string of the molecule is COCC(O)(CNC(=O)c1cccc(Cl)c1)c1ccccc1. The standard InChI is InChI=1S/C17H18ClNO3/c1-22-12-17(21,14-7-3-2-4-8-14)11-19-16(20)13-6-5-9-15(18)10-13/h2-10,21H,11-12H2,1H3,(H,19,20). The molecule has 0 aliphatic carbocycles. The highest BCUT2D eigenvalue weighted by Gasteiger charge is 2.30. The lowest BCUT2D eigenvalue weighted by molar-refractivity contribution is -0.0334. The van der Waals surface area contributed by atoms with Gasteiger partial charge in [0.05, 0.1) is 13.2 Å². The Balaban J connectivity index is 2.11. The molecule has 1 unspecified atom stereocenters. The van der Waals surface area contributed by atoms with Gasteiger partial charge in [-0.15, -0.1) is 0 Å². The molecule has 0 saturated heterocycles. The zero-order valence-electron chi connectivity index (χ0n) is 12.3. The third-order valence-corrected chi connectivity index (χ3v) is 3.56. The van der Waals surface area contributed by atoms with Crippen LogP contribution >= 0.6 is 11.6 Å². The van der Waals surface area contributed by atoms with E-state index in [9.17, 15) is 9.90 Å². The van der Waals surface area contributed by atoms with Gasteiger partial charge in [0, 0.05) is 17.7 Å². The quantitative estimate of drug-likeness (QED) is 0.860. The van der Waals surface area contributed by atoms with Crippen molar-refractivity contribution in [2.75, 3.05) is 20.3 Å². The molecular formula is C17H18ClNO3. The first kappa shape index (κ1) is 16.5. The van der Waals surface area contributed by atoms with Crippen molar-refractivity contribution in [2.24, 2.45) is 0 Å². The average Bonchev–Trinajstić information content (AvgIpc) is 2.54. The molecule has 116 valence electrons. The summed E-state index contributed by atoms with van der Waals surface area (Å²) in [6.45, 7) is 0.114. The summed E-state index contributed by atoms with van der Waals surface area (Å²) in [5.74, 6) is -0.298. The van der Waals surface area contributed by atoms with Crippen LogP contribution in [-0.2, 0) is 10.3 Å². The van der Waals surface area contributed by atoms with Crippen molar-refractivity contribution in [2.45, 2.75) is 5.60 Å². The van der Waals surface area contributed by atoms with Crippen LogP contribution in [0.25, 0.3) is 0 Å². The molecular weight excluding hydrogens is 302 g/mol. The second kappa shape index (κ2) is 7.40. The molecule has 5 heteroatoms. The zero-order chi connectivity index (χ0) is 16.0. The maximum atomic E-state index is 12.2. The Kier molecular flexibility index (Phi) is 5.55. The van der Waals surface area contributed by atoms with E-state index in [1.807, 2.05) is 18.2 Å². The van der Waals surface area contributed by atoms with Gasteiger partial charge in [-0.1, -0.05) is 48.0 Å². The Hall–Kier alpha value is -1.88. The fraction of sp³-hybridized carbons (Fsp3) is 0.235. The molecule has 0 spiro atoms. The van der Waals surface area contributed by atoms with Crippen LogP contribution in [0.1, 0.15) is 15.9 Å². The van der Waals surface area contributed by atoms with Crippen molar-refractivity contribution in [1.82, 2.24) is 5.32 Å². The predicted molar refractivity (Wildman–Crippen MR) is 86.0 cm³/mol. The van der Waals surface area contributed by atoms with E-state index in [4.69, 9.17) is 16.3 Å². The van der Waals surface area contributed by atoms with E-state index in [0.717, 1.165) is 0 Å².